The molecule has 2 aromatic carbocycles. The quantitative estimate of drug-likeness (QED) is 0.437. The van der Waals surface area contributed by atoms with E-state index in [1.54, 1.807) is 24.3 Å². The average Bonchev–Trinajstić information content (AvgIpc) is 2.78. The van der Waals surface area contributed by atoms with Crippen molar-refractivity contribution < 1.29 is 19.1 Å². The fraction of sp³-hybridized carbons (Fsp3) is 0.308. The number of benzene rings is 2. The Morgan fingerprint density at radius 1 is 0.818 bits per heavy atom. The summed E-state index contributed by atoms with van der Waals surface area (Å²) in [7, 11) is 0. The minimum absolute atomic E-state index is 0.00840. The van der Waals surface area contributed by atoms with Gasteiger partial charge in [0, 0.05) is 52.4 Å². The van der Waals surface area contributed by atoms with Crippen molar-refractivity contribution >= 4 is 46.4 Å². The first kappa shape index (κ1) is 22.5. The van der Waals surface area contributed by atoms with Gasteiger partial charge in [0.1, 0.15) is 23.9 Å². The van der Waals surface area contributed by atoms with Gasteiger partial charge in [0.05, 0.1) is 10.9 Å². The van der Waals surface area contributed by atoms with Crippen LogP contribution in [0.5, 0.6) is 5.75 Å². The number of ether oxygens (including phenoxy) is 2. The Bertz CT molecular complexity index is 1170. The molecule has 4 nitrogen and oxygen atoms in total. The fourth-order valence-corrected chi connectivity index (χ4v) is 5.50. The van der Waals surface area contributed by atoms with Crippen LogP contribution in [-0.2, 0) is 20.9 Å². The van der Waals surface area contributed by atoms with Crippen molar-refractivity contribution in [1.29, 1.82) is 0 Å². The van der Waals surface area contributed by atoms with Gasteiger partial charge >= 0.3 is 0 Å². The van der Waals surface area contributed by atoms with E-state index in [0.29, 0.717) is 74.7 Å². The monoisotopic (exact) mass is 502 g/mol. The van der Waals surface area contributed by atoms with Crippen LogP contribution in [0.15, 0.2) is 59.1 Å². The summed E-state index contributed by atoms with van der Waals surface area (Å²) >= 11 is 19.0. The molecule has 0 amide bonds. The van der Waals surface area contributed by atoms with Crippen LogP contribution in [-0.4, -0.2) is 11.6 Å². The normalized spacial score (nSPS) is 18.8. The van der Waals surface area contributed by atoms with Gasteiger partial charge in [-0.25, -0.2) is 0 Å². The summed E-state index contributed by atoms with van der Waals surface area (Å²) in [5, 5.41) is 1.38. The summed E-state index contributed by atoms with van der Waals surface area (Å²) < 4.78 is 12.3. The maximum Gasteiger partial charge on any atom is 0.163 e. The van der Waals surface area contributed by atoms with E-state index in [1.165, 1.54) is 0 Å². The van der Waals surface area contributed by atoms with Gasteiger partial charge in [-0.2, -0.15) is 0 Å². The minimum atomic E-state index is -0.597. The zero-order chi connectivity index (χ0) is 23.1. The summed E-state index contributed by atoms with van der Waals surface area (Å²) in [4.78, 5) is 26.2. The lowest BCUT2D eigenvalue weighted by Gasteiger charge is -2.36. The number of allylic oxidation sites excluding steroid dienone is 4. The van der Waals surface area contributed by atoms with E-state index < -0.39 is 5.92 Å². The van der Waals surface area contributed by atoms with Gasteiger partial charge in [-0.3, -0.25) is 9.59 Å². The standard InChI is InChI=1S/C26H21Cl3O4/c27-15-9-7-14(8-10-15)13-32-26-17(11-16(28)12-18(26)29)23-24-19(30)3-1-5-21(24)33-22-6-2-4-20(31)25(22)23/h7-12,23H,1-6,13H2. The molecule has 170 valence electrons. The maximum atomic E-state index is 13.1. The van der Waals surface area contributed by atoms with Crippen molar-refractivity contribution in [3.05, 3.63) is 85.3 Å². The molecular weight excluding hydrogens is 483 g/mol. The Labute approximate surface area is 207 Å². The van der Waals surface area contributed by atoms with Crippen molar-refractivity contribution in [1.82, 2.24) is 0 Å². The van der Waals surface area contributed by atoms with Crippen LogP contribution in [0.25, 0.3) is 0 Å². The number of carbonyl (C=O) groups is 2. The second kappa shape index (κ2) is 9.17. The van der Waals surface area contributed by atoms with Crippen molar-refractivity contribution in [2.24, 2.45) is 0 Å². The van der Waals surface area contributed by atoms with Crippen LogP contribution in [0.4, 0.5) is 0 Å². The first-order chi connectivity index (χ1) is 15.9. The van der Waals surface area contributed by atoms with E-state index in [0.717, 1.165) is 18.4 Å². The van der Waals surface area contributed by atoms with Gasteiger partial charge in [0.15, 0.2) is 11.6 Å². The lowest BCUT2D eigenvalue weighted by Crippen LogP contribution is -2.30. The molecule has 7 heteroatoms. The number of hydrogen-bond acceptors (Lipinski definition) is 4. The zero-order valence-corrected chi connectivity index (χ0v) is 20.0. The van der Waals surface area contributed by atoms with Crippen LogP contribution in [0.3, 0.4) is 0 Å². The van der Waals surface area contributed by atoms with Gasteiger partial charge in [-0.15, -0.1) is 0 Å². The Kier molecular flexibility index (Phi) is 6.26. The summed E-state index contributed by atoms with van der Waals surface area (Å²) in [6.07, 6.45) is 3.64. The largest absolute Gasteiger partial charge is 0.487 e. The number of rotatable bonds is 4. The lowest BCUT2D eigenvalue weighted by atomic mass is 9.73. The molecule has 3 aliphatic rings. The molecule has 2 aliphatic carbocycles. The third-order valence-electron chi connectivity index (χ3n) is 6.29. The van der Waals surface area contributed by atoms with Crippen LogP contribution in [0, 0.1) is 0 Å². The lowest BCUT2D eigenvalue weighted by molar-refractivity contribution is -0.117. The van der Waals surface area contributed by atoms with Crippen molar-refractivity contribution in [2.45, 2.75) is 51.0 Å². The molecule has 0 saturated heterocycles. The molecule has 0 aromatic heterocycles. The van der Waals surface area contributed by atoms with Gasteiger partial charge in [-0.1, -0.05) is 46.9 Å². The Morgan fingerprint density at radius 3 is 2.03 bits per heavy atom. The number of Topliss-reactive ketones (excluding diaryl/α,β-unsaturated/α-hetero) is 2. The van der Waals surface area contributed by atoms with Gasteiger partial charge in [0.25, 0.3) is 0 Å². The van der Waals surface area contributed by atoms with Crippen LogP contribution >= 0.6 is 34.8 Å². The fourth-order valence-electron chi connectivity index (χ4n) is 4.81. The van der Waals surface area contributed by atoms with Gasteiger partial charge in [0.2, 0.25) is 0 Å². The smallest absolute Gasteiger partial charge is 0.163 e. The first-order valence-corrected chi connectivity index (χ1v) is 12.1. The topological polar surface area (TPSA) is 52.6 Å². The van der Waals surface area contributed by atoms with Crippen molar-refractivity contribution in [3.63, 3.8) is 0 Å². The van der Waals surface area contributed by atoms with E-state index >= 15 is 0 Å². The van der Waals surface area contributed by atoms with E-state index in [-0.39, 0.29) is 18.2 Å². The molecule has 0 fully saturated rings. The minimum Gasteiger partial charge on any atom is -0.487 e. The molecule has 0 spiro atoms. The summed E-state index contributed by atoms with van der Waals surface area (Å²) in [6.45, 7) is 0.244. The van der Waals surface area contributed by atoms with E-state index in [9.17, 15) is 9.59 Å². The van der Waals surface area contributed by atoms with E-state index in [1.807, 2.05) is 12.1 Å². The Balaban J connectivity index is 1.63. The molecular formula is C26H21Cl3O4. The third-order valence-corrected chi connectivity index (χ3v) is 7.04. The van der Waals surface area contributed by atoms with Crippen molar-refractivity contribution in [2.75, 3.05) is 0 Å². The molecule has 0 radical (unpaired) electrons. The first-order valence-electron chi connectivity index (χ1n) is 11.0. The highest BCUT2D eigenvalue weighted by atomic mass is 35.5. The molecule has 1 aliphatic heterocycles. The number of carbonyl (C=O) groups excluding carboxylic acids is 2. The summed E-state index contributed by atoms with van der Waals surface area (Å²) in [5.41, 5.74) is 2.59. The number of hydrogen-bond donors (Lipinski definition) is 0. The Morgan fingerprint density at radius 2 is 1.42 bits per heavy atom. The highest BCUT2D eigenvalue weighted by Crippen LogP contribution is 2.51. The SMILES string of the molecule is O=C1CCCC2=C1C(c1cc(Cl)cc(Cl)c1OCc1ccc(Cl)cc1)C1=C(CCCC1=O)O2. The highest BCUT2D eigenvalue weighted by molar-refractivity contribution is 6.35. The zero-order valence-electron chi connectivity index (χ0n) is 17.8. The third kappa shape index (κ3) is 4.32. The van der Waals surface area contributed by atoms with Crippen molar-refractivity contribution in [3.8, 4) is 5.75 Å². The predicted molar refractivity (Wildman–Crippen MR) is 128 cm³/mol. The summed E-state index contributed by atoms with van der Waals surface area (Å²) in [5.74, 6) is 1.12. The number of ketones is 2. The molecule has 2 aromatic rings. The van der Waals surface area contributed by atoms with E-state index in [4.69, 9.17) is 44.3 Å². The average molecular weight is 504 g/mol. The molecule has 5 rings (SSSR count). The van der Waals surface area contributed by atoms with Crippen LogP contribution in [0.1, 0.15) is 55.6 Å². The van der Waals surface area contributed by atoms with Crippen LogP contribution in [0.2, 0.25) is 15.1 Å². The molecule has 0 N–H and O–H groups in total. The second-order valence-electron chi connectivity index (χ2n) is 8.48. The summed E-state index contributed by atoms with van der Waals surface area (Å²) in [6, 6.07) is 10.7. The molecule has 0 saturated carbocycles. The van der Waals surface area contributed by atoms with Gasteiger partial charge in [-0.05, 0) is 42.7 Å². The molecule has 0 bridgehead atoms. The Hall–Kier alpha value is -2.27. The number of halogens is 3. The van der Waals surface area contributed by atoms with Crippen LogP contribution < -0.4 is 4.74 Å². The molecule has 0 atom stereocenters. The second-order valence-corrected chi connectivity index (χ2v) is 9.76. The predicted octanol–water partition coefficient (Wildman–Crippen LogP) is 7.35. The van der Waals surface area contributed by atoms with Gasteiger partial charge < -0.3 is 9.47 Å². The molecule has 33 heavy (non-hydrogen) atoms. The maximum absolute atomic E-state index is 13.1. The molecule has 1 heterocycles. The highest BCUT2D eigenvalue weighted by Gasteiger charge is 2.43. The van der Waals surface area contributed by atoms with E-state index in [2.05, 4.69) is 0 Å². The molecule has 0 unspecified atom stereocenters.